The van der Waals surface area contributed by atoms with Crippen LogP contribution in [0.25, 0.3) is 0 Å². The van der Waals surface area contributed by atoms with Crippen LogP contribution in [0.2, 0.25) is 5.02 Å². The molecule has 1 heterocycles. The Morgan fingerprint density at radius 2 is 1.76 bits per heavy atom. The summed E-state index contributed by atoms with van der Waals surface area (Å²) in [5, 5.41) is 9.14. The normalized spacial score (nSPS) is 19.6. The quantitative estimate of drug-likeness (QED) is 0.868. The fourth-order valence-electron chi connectivity index (χ4n) is 2.10. The lowest BCUT2D eigenvalue weighted by atomic mass is 9.78. The summed E-state index contributed by atoms with van der Waals surface area (Å²) in [5.41, 5.74) is -0.443. The average molecular weight is 313 g/mol. The summed E-state index contributed by atoms with van der Waals surface area (Å²) in [7, 11) is 0.770. The van der Waals surface area contributed by atoms with Crippen LogP contribution < -0.4 is 10.2 Å². The van der Waals surface area contributed by atoms with E-state index in [4.69, 9.17) is 30.8 Å². The summed E-state index contributed by atoms with van der Waals surface area (Å²) in [4.78, 5) is 11.1. The molecular weight excluding hydrogens is 294 g/mol. The van der Waals surface area contributed by atoms with Crippen LogP contribution >= 0.6 is 11.6 Å². The van der Waals surface area contributed by atoms with Crippen LogP contribution in [0.3, 0.4) is 0 Å². The van der Waals surface area contributed by atoms with Gasteiger partial charge in [0.2, 0.25) is 0 Å². The molecule has 114 valence electrons. The van der Waals surface area contributed by atoms with E-state index >= 15 is 0 Å². The number of aromatic carboxylic acids is 1. The molecule has 1 aliphatic heterocycles. The van der Waals surface area contributed by atoms with E-state index in [1.165, 1.54) is 13.2 Å². The minimum absolute atomic E-state index is 0.0196. The molecule has 0 aromatic heterocycles. The Kier molecular flexibility index (Phi) is 3.99. The van der Waals surface area contributed by atoms with Gasteiger partial charge in [-0.15, -0.1) is 0 Å². The van der Waals surface area contributed by atoms with E-state index in [1.54, 1.807) is 6.07 Å². The molecule has 7 heteroatoms. The third-order valence-corrected chi connectivity index (χ3v) is 4.44. The number of ether oxygens (including phenoxy) is 1. The van der Waals surface area contributed by atoms with Gasteiger partial charge in [-0.05, 0) is 33.8 Å². The summed E-state index contributed by atoms with van der Waals surface area (Å²) in [5.74, 6) is -0.853. The van der Waals surface area contributed by atoms with Crippen LogP contribution in [0.5, 0.6) is 5.75 Å². The Morgan fingerprint density at radius 1 is 1.24 bits per heavy atom. The Morgan fingerprint density at radius 3 is 2.19 bits per heavy atom. The molecule has 0 atom stereocenters. The molecule has 0 unspecified atom stereocenters. The van der Waals surface area contributed by atoms with Crippen LogP contribution in [-0.2, 0) is 9.31 Å². The lowest BCUT2D eigenvalue weighted by Gasteiger charge is -2.32. The van der Waals surface area contributed by atoms with Crippen LogP contribution in [0, 0.1) is 0 Å². The molecule has 2 rings (SSSR count). The first-order chi connectivity index (χ1) is 9.60. The lowest BCUT2D eigenvalue weighted by molar-refractivity contribution is 0.00578. The molecule has 21 heavy (non-hydrogen) atoms. The van der Waals surface area contributed by atoms with Crippen molar-refractivity contribution in [2.24, 2.45) is 0 Å². The van der Waals surface area contributed by atoms with E-state index in [9.17, 15) is 4.79 Å². The second kappa shape index (κ2) is 5.19. The highest BCUT2D eigenvalue weighted by molar-refractivity contribution is 6.63. The van der Waals surface area contributed by atoms with Crippen molar-refractivity contribution >= 4 is 30.2 Å². The van der Waals surface area contributed by atoms with Gasteiger partial charge in [-0.2, -0.15) is 0 Å². The molecule has 1 N–H and O–H groups in total. The summed E-state index contributed by atoms with van der Waals surface area (Å²) >= 11 is 6.11. The van der Waals surface area contributed by atoms with Crippen molar-refractivity contribution < 1.29 is 23.9 Å². The highest BCUT2D eigenvalue weighted by atomic mass is 35.5. The number of carboxylic acids is 1. The van der Waals surface area contributed by atoms with Crippen molar-refractivity contribution in [1.29, 1.82) is 0 Å². The maximum atomic E-state index is 11.1. The van der Waals surface area contributed by atoms with Gasteiger partial charge in [-0.25, -0.2) is 4.79 Å². The Balaban J connectivity index is 2.47. The van der Waals surface area contributed by atoms with Gasteiger partial charge in [0.15, 0.2) is 0 Å². The summed E-state index contributed by atoms with van der Waals surface area (Å²) < 4.78 is 17.1. The molecular formula is C14H18BClO5. The zero-order valence-corrected chi connectivity index (χ0v) is 13.4. The van der Waals surface area contributed by atoms with E-state index in [0.717, 1.165) is 0 Å². The third-order valence-electron chi connectivity index (χ3n) is 4.07. The first kappa shape index (κ1) is 16.1. The second-order valence-electron chi connectivity index (χ2n) is 5.94. The van der Waals surface area contributed by atoms with E-state index in [2.05, 4.69) is 0 Å². The fourth-order valence-corrected chi connectivity index (χ4v) is 2.43. The Bertz CT molecular complexity index is 569. The largest absolute Gasteiger partial charge is 0.498 e. The van der Waals surface area contributed by atoms with E-state index in [1.807, 2.05) is 27.7 Å². The minimum Gasteiger partial charge on any atom is -0.496 e. The molecule has 0 bridgehead atoms. The maximum Gasteiger partial charge on any atom is 0.498 e. The molecule has 1 fully saturated rings. The molecule has 0 radical (unpaired) electrons. The third kappa shape index (κ3) is 2.63. The smallest absolute Gasteiger partial charge is 0.496 e. The fraction of sp³-hybridized carbons (Fsp3) is 0.500. The van der Waals surface area contributed by atoms with E-state index in [-0.39, 0.29) is 16.3 Å². The van der Waals surface area contributed by atoms with Crippen molar-refractivity contribution in [3.05, 3.63) is 22.7 Å². The van der Waals surface area contributed by atoms with Crippen LogP contribution in [0.4, 0.5) is 0 Å². The van der Waals surface area contributed by atoms with Gasteiger partial charge in [0.05, 0.1) is 28.9 Å². The number of halogens is 1. The van der Waals surface area contributed by atoms with E-state index < -0.39 is 24.3 Å². The Labute approximate surface area is 129 Å². The van der Waals surface area contributed by atoms with Gasteiger partial charge in [-0.3, -0.25) is 0 Å². The van der Waals surface area contributed by atoms with Gasteiger partial charge in [0.1, 0.15) is 5.75 Å². The van der Waals surface area contributed by atoms with Gasteiger partial charge in [0.25, 0.3) is 0 Å². The molecule has 0 aliphatic carbocycles. The first-order valence-corrected chi connectivity index (χ1v) is 6.94. The second-order valence-corrected chi connectivity index (χ2v) is 6.32. The predicted octanol–water partition coefficient (Wildman–Crippen LogP) is 2.35. The lowest BCUT2D eigenvalue weighted by Crippen LogP contribution is -2.41. The molecule has 1 aromatic rings. The number of hydrogen-bond acceptors (Lipinski definition) is 4. The molecule has 0 amide bonds. The van der Waals surface area contributed by atoms with Gasteiger partial charge in [-0.1, -0.05) is 17.7 Å². The summed E-state index contributed by atoms with van der Waals surface area (Å²) in [6.07, 6.45) is 0. The topological polar surface area (TPSA) is 65.0 Å². The molecule has 5 nitrogen and oxygen atoms in total. The maximum absolute atomic E-state index is 11.1. The first-order valence-electron chi connectivity index (χ1n) is 6.56. The summed E-state index contributed by atoms with van der Waals surface area (Å²) in [6.45, 7) is 7.75. The number of carbonyl (C=O) groups is 1. The zero-order chi connectivity index (χ0) is 16.0. The van der Waals surface area contributed by atoms with Crippen molar-refractivity contribution in [1.82, 2.24) is 0 Å². The highest BCUT2D eigenvalue weighted by Gasteiger charge is 2.52. The van der Waals surface area contributed by atoms with Gasteiger partial charge >= 0.3 is 13.1 Å². The molecule has 1 aliphatic rings. The van der Waals surface area contributed by atoms with E-state index in [0.29, 0.717) is 5.46 Å². The van der Waals surface area contributed by atoms with Crippen molar-refractivity contribution in [2.45, 2.75) is 38.9 Å². The van der Waals surface area contributed by atoms with Gasteiger partial charge < -0.3 is 19.2 Å². The predicted molar refractivity (Wildman–Crippen MR) is 80.7 cm³/mol. The summed E-state index contributed by atoms with van der Waals surface area (Å²) in [6, 6.07) is 3.03. The number of hydrogen-bond donors (Lipinski definition) is 1. The minimum atomic E-state index is -1.11. The number of carboxylic acid groups (broad SMARTS) is 1. The number of rotatable bonds is 3. The number of methoxy groups -OCH3 is 1. The van der Waals surface area contributed by atoms with Crippen molar-refractivity contribution in [2.75, 3.05) is 7.11 Å². The van der Waals surface area contributed by atoms with Gasteiger partial charge in [0, 0.05) is 5.46 Å². The SMILES string of the molecule is COc1c(B2OC(C)(C)C(C)(C)O2)ccc(C(=O)O)c1Cl. The van der Waals surface area contributed by atoms with Crippen LogP contribution in [0.1, 0.15) is 38.1 Å². The monoisotopic (exact) mass is 312 g/mol. The standard InChI is InChI=1S/C14H18BClO5/c1-13(2)14(3,4)21-15(20-13)9-7-6-8(12(17)18)10(16)11(9)19-5/h6-7H,1-5H3,(H,17,18). The van der Waals surface area contributed by atoms with Crippen LogP contribution in [0.15, 0.2) is 12.1 Å². The average Bonchev–Trinajstić information content (AvgIpc) is 2.57. The molecule has 1 aromatic carbocycles. The molecule has 0 saturated carbocycles. The molecule has 1 saturated heterocycles. The van der Waals surface area contributed by atoms with Crippen LogP contribution in [-0.4, -0.2) is 36.5 Å². The van der Waals surface area contributed by atoms with Crippen molar-refractivity contribution in [3.63, 3.8) is 0 Å². The highest BCUT2D eigenvalue weighted by Crippen LogP contribution is 2.38. The number of benzene rings is 1. The zero-order valence-electron chi connectivity index (χ0n) is 12.7. The molecule has 0 spiro atoms. The van der Waals surface area contributed by atoms with Crippen molar-refractivity contribution in [3.8, 4) is 5.75 Å². The Hall–Kier alpha value is -1.24.